The molecule has 0 spiro atoms. The molecule has 1 aromatic heterocycles. The molecule has 0 saturated heterocycles. The van der Waals surface area contributed by atoms with Crippen LogP contribution in [0.3, 0.4) is 0 Å². The van der Waals surface area contributed by atoms with Gasteiger partial charge in [-0.2, -0.15) is 5.10 Å². The average Bonchev–Trinajstić information content (AvgIpc) is 2.61. The fourth-order valence-electron chi connectivity index (χ4n) is 1.44. The van der Waals surface area contributed by atoms with E-state index in [0.29, 0.717) is 11.3 Å². The van der Waals surface area contributed by atoms with Crippen molar-refractivity contribution in [1.82, 2.24) is 9.78 Å². The van der Waals surface area contributed by atoms with Gasteiger partial charge in [0.25, 0.3) is 0 Å². The Morgan fingerprint density at radius 2 is 1.94 bits per heavy atom. The Balaban J connectivity index is 0.00000128. The summed E-state index contributed by atoms with van der Waals surface area (Å²) in [5.74, 6) is -1.21. The number of benzene rings is 1. The molecule has 0 aliphatic heterocycles. The number of para-hydroxylation sites is 1. The molecule has 0 radical (unpaired) electrons. The molecular formula is C11H9KN2O2. The van der Waals surface area contributed by atoms with Crippen molar-refractivity contribution in [3.63, 3.8) is 0 Å². The zero-order valence-corrected chi connectivity index (χ0v) is 12.3. The van der Waals surface area contributed by atoms with Crippen LogP contribution >= 0.6 is 0 Å². The van der Waals surface area contributed by atoms with E-state index in [4.69, 9.17) is 0 Å². The van der Waals surface area contributed by atoms with Crippen LogP contribution in [0.2, 0.25) is 0 Å². The molecule has 0 saturated carbocycles. The maximum absolute atomic E-state index is 10.9. The van der Waals surface area contributed by atoms with Gasteiger partial charge in [-0.05, 0) is 24.6 Å². The van der Waals surface area contributed by atoms with E-state index >= 15 is 0 Å². The molecular weight excluding hydrogens is 231 g/mol. The minimum absolute atomic E-state index is 0. The monoisotopic (exact) mass is 240 g/mol. The predicted octanol–water partition coefficient (Wildman–Crippen LogP) is -2.45. The van der Waals surface area contributed by atoms with Crippen molar-refractivity contribution in [2.24, 2.45) is 0 Å². The first-order chi connectivity index (χ1) is 7.20. The summed E-state index contributed by atoms with van der Waals surface area (Å²) in [7, 11) is 0. The topological polar surface area (TPSA) is 58.0 Å². The van der Waals surface area contributed by atoms with Gasteiger partial charge in [0.2, 0.25) is 0 Å². The van der Waals surface area contributed by atoms with E-state index in [1.807, 2.05) is 18.2 Å². The zero-order chi connectivity index (χ0) is 10.8. The standard InChI is InChI=1S/C11H10N2O2.K/c1-8-7-12-13(10(8)11(14)15)9-5-3-2-4-6-9;/h2-7H,1H3,(H,14,15);/q;+1/p-1. The average molecular weight is 240 g/mol. The number of aromatic nitrogens is 2. The Bertz CT molecular complexity index is 494. The van der Waals surface area contributed by atoms with E-state index in [9.17, 15) is 9.90 Å². The molecule has 0 aliphatic rings. The minimum atomic E-state index is -1.21. The second-order valence-electron chi connectivity index (χ2n) is 3.21. The third-order valence-electron chi connectivity index (χ3n) is 2.15. The van der Waals surface area contributed by atoms with Crippen molar-refractivity contribution in [3.05, 3.63) is 47.8 Å². The van der Waals surface area contributed by atoms with Gasteiger partial charge in [-0.1, -0.05) is 18.2 Å². The van der Waals surface area contributed by atoms with Crippen molar-refractivity contribution in [2.45, 2.75) is 6.92 Å². The second-order valence-corrected chi connectivity index (χ2v) is 3.21. The maximum atomic E-state index is 10.9. The van der Waals surface area contributed by atoms with Crippen LogP contribution in [-0.4, -0.2) is 15.7 Å². The number of aromatic carboxylic acids is 1. The molecule has 0 bridgehead atoms. The van der Waals surface area contributed by atoms with Crippen LogP contribution in [0, 0.1) is 6.92 Å². The number of aryl methyl sites for hydroxylation is 1. The number of carboxylic acids is 1. The third-order valence-corrected chi connectivity index (χ3v) is 2.15. The van der Waals surface area contributed by atoms with Gasteiger partial charge in [0.05, 0.1) is 23.5 Å². The van der Waals surface area contributed by atoms with E-state index in [1.54, 1.807) is 19.1 Å². The molecule has 0 aliphatic carbocycles. The largest absolute Gasteiger partial charge is 1.00 e. The molecule has 2 aromatic rings. The number of rotatable bonds is 2. The van der Waals surface area contributed by atoms with Gasteiger partial charge >= 0.3 is 51.4 Å². The minimum Gasteiger partial charge on any atom is -0.543 e. The first-order valence-corrected chi connectivity index (χ1v) is 4.51. The SMILES string of the molecule is Cc1cnn(-c2ccccc2)c1C(=O)[O-].[K+]. The van der Waals surface area contributed by atoms with Crippen LogP contribution in [0.1, 0.15) is 16.1 Å². The van der Waals surface area contributed by atoms with Crippen LogP contribution in [0.4, 0.5) is 0 Å². The number of carbonyl (C=O) groups excluding carboxylic acids is 1. The fourth-order valence-corrected chi connectivity index (χ4v) is 1.44. The summed E-state index contributed by atoms with van der Waals surface area (Å²) in [4.78, 5) is 10.9. The van der Waals surface area contributed by atoms with E-state index in [1.165, 1.54) is 10.9 Å². The molecule has 76 valence electrons. The van der Waals surface area contributed by atoms with E-state index < -0.39 is 5.97 Å². The van der Waals surface area contributed by atoms with Gasteiger partial charge in [0.15, 0.2) is 0 Å². The Hall–Kier alpha value is -0.464. The van der Waals surface area contributed by atoms with E-state index in [0.717, 1.165) is 0 Å². The number of hydrogen-bond acceptors (Lipinski definition) is 3. The normalized spacial score (nSPS) is 9.56. The van der Waals surface area contributed by atoms with Gasteiger partial charge in [0.1, 0.15) is 0 Å². The van der Waals surface area contributed by atoms with E-state index in [2.05, 4.69) is 5.10 Å². The summed E-state index contributed by atoms with van der Waals surface area (Å²) >= 11 is 0. The molecule has 4 nitrogen and oxygen atoms in total. The Morgan fingerprint density at radius 1 is 1.31 bits per heavy atom. The van der Waals surface area contributed by atoms with Gasteiger partial charge in [0, 0.05) is 0 Å². The Labute approximate surface area is 136 Å². The predicted molar refractivity (Wildman–Crippen MR) is 52.6 cm³/mol. The summed E-state index contributed by atoms with van der Waals surface area (Å²) in [6.45, 7) is 1.69. The zero-order valence-electron chi connectivity index (χ0n) is 9.18. The molecule has 0 atom stereocenters. The summed E-state index contributed by atoms with van der Waals surface area (Å²) in [6, 6.07) is 9.09. The first-order valence-electron chi connectivity index (χ1n) is 4.51. The summed E-state index contributed by atoms with van der Waals surface area (Å²) in [5, 5.41) is 14.9. The summed E-state index contributed by atoms with van der Waals surface area (Å²) in [5.41, 5.74) is 1.41. The summed E-state index contributed by atoms with van der Waals surface area (Å²) in [6.07, 6.45) is 1.51. The van der Waals surface area contributed by atoms with E-state index in [-0.39, 0.29) is 57.1 Å². The van der Waals surface area contributed by atoms with Crippen molar-refractivity contribution in [3.8, 4) is 5.69 Å². The first kappa shape index (κ1) is 13.6. The molecule has 5 heteroatoms. The number of nitrogens with zero attached hydrogens (tertiary/aromatic N) is 2. The molecule has 2 rings (SSSR count). The van der Waals surface area contributed by atoms with Crippen molar-refractivity contribution >= 4 is 5.97 Å². The molecule has 0 N–H and O–H groups in total. The number of carbonyl (C=O) groups is 1. The molecule has 0 unspecified atom stereocenters. The Morgan fingerprint density at radius 3 is 2.50 bits per heavy atom. The number of carboxylic acid groups (broad SMARTS) is 1. The van der Waals surface area contributed by atoms with Gasteiger partial charge < -0.3 is 9.90 Å². The van der Waals surface area contributed by atoms with Crippen molar-refractivity contribution in [1.29, 1.82) is 0 Å². The molecule has 1 aromatic carbocycles. The molecule has 16 heavy (non-hydrogen) atoms. The van der Waals surface area contributed by atoms with Crippen LogP contribution in [0.5, 0.6) is 0 Å². The van der Waals surface area contributed by atoms with Crippen LogP contribution in [0.25, 0.3) is 5.69 Å². The molecule has 1 heterocycles. The van der Waals surface area contributed by atoms with Gasteiger partial charge in [-0.25, -0.2) is 4.68 Å². The van der Waals surface area contributed by atoms with Crippen LogP contribution < -0.4 is 56.5 Å². The fraction of sp³-hybridized carbons (Fsp3) is 0.0909. The van der Waals surface area contributed by atoms with Crippen molar-refractivity contribution in [2.75, 3.05) is 0 Å². The van der Waals surface area contributed by atoms with Crippen molar-refractivity contribution < 1.29 is 61.3 Å². The smallest absolute Gasteiger partial charge is 0.543 e. The molecule has 0 fully saturated rings. The molecule has 0 amide bonds. The summed E-state index contributed by atoms with van der Waals surface area (Å²) < 4.78 is 1.37. The maximum Gasteiger partial charge on any atom is 1.00 e. The Kier molecular flexibility index (Phi) is 4.88. The second kappa shape index (κ2) is 5.74. The van der Waals surface area contributed by atoms with Crippen LogP contribution in [-0.2, 0) is 0 Å². The van der Waals surface area contributed by atoms with Gasteiger partial charge in [-0.15, -0.1) is 0 Å². The quantitative estimate of drug-likeness (QED) is 0.548. The van der Waals surface area contributed by atoms with Gasteiger partial charge in [-0.3, -0.25) is 0 Å². The number of hydrogen-bond donors (Lipinski definition) is 0. The third kappa shape index (κ3) is 2.61. The van der Waals surface area contributed by atoms with Crippen LogP contribution in [0.15, 0.2) is 36.5 Å².